The van der Waals surface area contributed by atoms with Gasteiger partial charge in [0, 0.05) is 24.7 Å². The number of sulfone groups is 1. The molecule has 21 heavy (non-hydrogen) atoms. The molecule has 1 aliphatic heterocycles. The van der Waals surface area contributed by atoms with E-state index in [4.69, 9.17) is 0 Å². The van der Waals surface area contributed by atoms with Gasteiger partial charge >= 0.3 is 0 Å². The van der Waals surface area contributed by atoms with Crippen LogP contribution in [0.3, 0.4) is 0 Å². The summed E-state index contributed by atoms with van der Waals surface area (Å²) in [6, 6.07) is 6.49. The van der Waals surface area contributed by atoms with E-state index in [1.54, 1.807) is 19.1 Å². The maximum Gasteiger partial charge on any atom is 0.254 e. The lowest BCUT2D eigenvalue weighted by atomic mass is 10.1. The van der Waals surface area contributed by atoms with Crippen LogP contribution in [0.5, 0.6) is 0 Å². The Bertz CT molecular complexity index is 596. The number of hydrogen-bond acceptors (Lipinski definition) is 4. The molecule has 1 amide bonds. The molecule has 6 heteroatoms. The van der Waals surface area contributed by atoms with Gasteiger partial charge in [0.2, 0.25) is 0 Å². The van der Waals surface area contributed by atoms with Crippen molar-refractivity contribution in [2.75, 3.05) is 25.9 Å². The smallest absolute Gasteiger partial charge is 0.254 e. The van der Waals surface area contributed by atoms with Crippen molar-refractivity contribution in [3.05, 3.63) is 29.8 Å². The Hall–Kier alpha value is -1.40. The Labute approximate surface area is 126 Å². The molecule has 0 bridgehead atoms. The second kappa shape index (κ2) is 6.58. The first-order valence-corrected chi connectivity index (χ1v) is 8.93. The molecule has 1 aromatic rings. The minimum atomic E-state index is -3.21. The van der Waals surface area contributed by atoms with Crippen molar-refractivity contribution in [3.63, 3.8) is 0 Å². The van der Waals surface area contributed by atoms with E-state index in [2.05, 4.69) is 5.32 Å². The number of hydrogen-bond donors (Lipinski definition) is 1. The van der Waals surface area contributed by atoms with E-state index in [0.717, 1.165) is 25.9 Å². The van der Waals surface area contributed by atoms with Gasteiger partial charge in [0.25, 0.3) is 5.91 Å². The molecule has 1 fully saturated rings. The summed E-state index contributed by atoms with van der Waals surface area (Å²) in [6.07, 6.45) is 2.02. The van der Waals surface area contributed by atoms with Gasteiger partial charge in [0.1, 0.15) is 0 Å². The van der Waals surface area contributed by atoms with Crippen LogP contribution in [-0.2, 0) is 9.84 Å². The van der Waals surface area contributed by atoms with E-state index in [0.29, 0.717) is 5.56 Å². The average molecular weight is 310 g/mol. The van der Waals surface area contributed by atoms with Crippen molar-refractivity contribution in [3.8, 4) is 0 Å². The third-order valence-electron chi connectivity index (χ3n) is 3.92. The zero-order valence-electron chi connectivity index (χ0n) is 12.5. The normalized spacial score (nSPS) is 19.0. The molecule has 116 valence electrons. The number of nitrogens with zero attached hydrogens (tertiary/aromatic N) is 1. The van der Waals surface area contributed by atoms with Crippen LogP contribution in [0.1, 0.15) is 30.1 Å². The van der Waals surface area contributed by atoms with Gasteiger partial charge < -0.3 is 10.2 Å². The predicted molar refractivity (Wildman–Crippen MR) is 82.2 cm³/mol. The van der Waals surface area contributed by atoms with E-state index in [-0.39, 0.29) is 22.6 Å². The minimum Gasteiger partial charge on any atom is -0.334 e. The van der Waals surface area contributed by atoms with Gasteiger partial charge in [-0.3, -0.25) is 4.79 Å². The van der Waals surface area contributed by atoms with E-state index >= 15 is 0 Å². The SMILES string of the molecule is CCS(=O)(=O)c1ccc(C(=O)N2CCCC2CNC)cc1. The zero-order chi connectivity index (χ0) is 15.5. The first kappa shape index (κ1) is 16.0. The molecule has 1 heterocycles. The standard InChI is InChI=1S/C15H22N2O3S/c1-3-21(19,20)14-8-6-12(7-9-14)15(18)17-10-4-5-13(17)11-16-2/h6-9,13,16H,3-5,10-11H2,1-2H3. The van der Waals surface area contributed by atoms with Crippen LogP contribution in [-0.4, -0.2) is 51.2 Å². The second-order valence-electron chi connectivity index (χ2n) is 5.28. The third kappa shape index (κ3) is 3.44. The molecular formula is C15H22N2O3S. The van der Waals surface area contributed by atoms with E-state index in [9.17, 15) is 13.2 Å². The zero-order valence-corrected chi connectivity index (χ0v) is 13.3. The maximum absolute atomic E-state index is 12.5. The summed E-state index contributed by atoms with van der Waals surface area (Å²) in [5.41, 5.74) is 0.549. The average Bonchev–Trinajstić information content (AvgIpc) is 2.95. The van der Waals surface area contributed by atoms with Crippen LogP contribution in [0.2, 0.25) is 0 Å². The number of nitrogens with one attached hydrogen (secondary N) is 1. The van der Waals surface area contributed by atoms with E-state index < -0.39 is 9.84 Å². The van der Waals surface area contributed by atoms with Gasteiger partial charge in [-0.15, -0.1) is 0 Å². The number of carbonyl (C=O) groups is 1. The van der Waals surface area contributed by atoms with Crippen LogP contribution in [0.4, 0.5) is 0 Å². The lowest BCUT2D eigenvalue weighted by molar-refractivity contribution is 0.0737. The number of amides is 1. The van der Waals surface area contributed by atoms with Crippen LogP contribution in [0.15, 0.2) is 29.2 Å². The lowest BCUT2D eigenvalue weighted by Gasteiger charge is -2.24. The fraction of sp³-hybridized carbons (Fsp3) is 0.533. The highest BCUT2D eigenvalue weighted by molar-refractivity contribution is 7.91. The summed E-state index contributed by atoms with van der Waals surface area (Å²) in [5.74, 6) is 0.0459. The maximum atomic E-state index is 12.5. The van der Waals surface area contributed by atoms with Gasteiger partial charge in [0.15, 0.2) is 9.84 Å². The Balaban J connectivity index is 2.17. The van der Waals surface area contributed by atoms with Crippen molar-refractivity contribution < 1.29 is 13.2 Å². The number of benzene rings is 1. The summed E-state index contributed by atoms with van der Waals surface area (Å²) in [5, 5.41) is 3.11. The van der Waals surface area contributed by atoms with Crippen molar-refractivity contribution >= 4 is 15.7 Å². The highest BCUT2D eigenvalue weighted by Gasteiger charge is 2.28. The van der Waals surface area contributed by atoms with Crippen molar-refractivity contribution in [2.45, 2.75) is 30.7 Å². The molecule has 2 rings (SSSR count). The third-order valence-corrected chi connectivity index (χ3v) is 5.67. The molecule has 0 radical (unpaired) electrons. The Morgan fingerprint density at radius 2 is 2.00 bits per heavy atom. The Morgan fingerprint density at radius 1 is 1.33 bits per heavy atom. The first-order valence-electron chi connectivity index (χ1n) is 7.28. The molecule has 0 saturated carbocycles. The van der Waals surface area contributed by atoms with Crippen LogP contribution >= 0.6 is 0 Å². The molecule has 0 spiro atoms. The highest BCUT2D eigenvalue weighted by Crippen LogP contribution is 2.20. The molecule has 1 saturated heterocycles. The molecule has 1 unspecified atom stereocenters. The van der Waals surface area contributed by atoms with Gasteiger partial charge in [-0.1, -0.05) is 6.92 Å². The molecule has 1 N–H and O–H groups in total. The highest BCUT2D eigenvalue weighted by atomic mass is 32.2. The lowest BCUT2D eigenvalue weighted by Crippen LogP contribution is -2.40. The van der Waals surface area contributed by atoms with Crippen molar-refractivity contribution in [1.29, 1.82) is 0 Å². The first-order chi connectivity index (χ1) is 9.99. The van der Waals surface area contributed by atoms with E-state index in [1.165, 1.54) is 12.1 Å². The van der Waals surface area contributed by atoms with E-state index in [1.807, 2.05) is 11.9 Å². The fourth-order valence-electron chi connectivity index (χ4n) is 2.69. The van der Waals surface area contributed by atoms with Crippen LogP contribution < -0.4 is 5.32 Å². The minimum absolute atomic E-state index is 0.0202. The van der Waals surface area contributed by atoms with Crippen molar-refractivity contribution in [1.82, 2.24) is 10.2 Å². The largest absolute Gasteiger partial charge is 0.334 e. The fourth-order valence-corrected chi connectivity index (χ4v) is 3.57. The molecule has 1 aromatic carbocycles. The van der Waals surface area contributed by atoms with Gasteiger partial charge in [-0.25, -0.2) is 8.42 Å². The summed E-state index contributed by atoms with van der Waals surface area (Å²) in [4.78, 5) is 14.7. The summed E-state index contributed by atoms with van der Waals surface area (Å²) >= 11 is 0. The summed E-state index contributed by atoms with van der Waals surface area (Å²) in [7, 11) is -1.33. The number of likely N-dealkylation sites (N-methyl/N-ethyl adjacent to an activating group) is 1. The topological polar surface area (TPSA) is 66.5 Å². The predicted octanol–water partition coefficient (Wildman–Crippen LogP) is 1.30. The molecule has 1 aliphatic rings. The van der Waals surface area contributed by atoms with Gasteiger partial charge in [0.05, 0.1) is 10.6 Å². The number of likely N-dealkylation sites (tertiary alicyclic amines) is 1. The molecular weight excluding hydrogens is 288 g/mol. The van der Waals surface area contributed by atoms with Crippen LogP contribution in [0, 0.1) is 0 Å². The van der Waals surface area contributed by atoms with Gasteiger partial charge in [-0.05, 0) is 44.2 Å². The molecule has 0 aliphatic carbocycles. The van der Waals surface area contributed by atoms with Gasteiger partial charge in [-0.2, -0.15) is 0 Å². The number of rotatable bonds is 5. The van der Waals surface area contributed by atoms with Crippen molar-refractivity contribution in [2.24, 2.45) is 0 Å². The molecule has 0 aromatic heterocycles. The monoisotopic (exact) mass is 310 g/mol. The number of carbonyl (C=O) groups excluding carboxylic acids is 1. The summed E-state index contributed by atoms with van der Waals surface area (Å²) in [6.45, 7) is 3.16. The molecule has 1 atom stereocenters. The molecule has 5 nitrogen and oxygen atoms in total. The summed E-state index contributed by atoms with van der Waals surface area (Å²) < 4.78 is 23.5. The Kier molecular flexibility index (Phi) is 5.00. The Morgan fingerprint density at radius 3 is 2.57 bits per heavy atom. The quantitative estimate of drug-likeness (QED) is 0.890. The second-order valence-corrected chi connectivity index (χ2v) is 7.56. The van der Waals surface area contributed by atoms with Crippen LogP contribution in [0.25, 0.3) is 0 Å².